The zero-order chi connectivity index (χ0) is 11.5. The van der Waals surface area contributed by atoms with Gasteiger partial charge in [-0.15, -0.1) is 0 Å². The minimum Gasteiger partial charge on any atom is -0.394 e. The minimum absolute atomic E-state index is 0.00741. The Labute approximate surface area is 93.9 Å². The van der Waals surface area contributed by atoms with E-state index >= 15 is 0 Å². The second kappa shape index (κ2) is 4.49. The molecule has 2 heterocycles. The molecule has 0 unspecified atom stereocenters. The molecule has 0 aliphatic rings. The summed E-state index contributed by atoms with van der Waals surface area (Å²) >= 11 is 0. The molecule has 2 aromatic rings. The number of hydrogen-bond donors (Lipinski definition) is 3. The first kappa shape index (κ1) is 10.9. The lowest BCUT2D eigenvalue weighted by atomic mass is 10.1. The van der Waals surface area contributed by atoms with Crippen LogP contribution in [0, 0.1) is 5.92 Å². The molecule has 0 aliphatic carbocycles. The van der Waals surface area contributed by atoms with Gasteiger partial charge in [-0.2, -0.15) is 0 Å². The van der Waals surface area contributed by atoms with Gasteiger partial charge in [-0.05, 0) is 12.0 Å². The van der Waals surface area contributed by atoms with Crippen LogP contribution < -0.4 is 5.32 Å². The number of aromatic amines is 1. The maximum atomic E-state index is 9.27. The lowest BCUT2D eigenvalue weighted by Crippen LogP contribution is -2.29. The van der Waals surface area contributed by atoms with Gasteiger partial charge in [0.05, 0.1) is 18.0 Å². The van der Waals surface area contributed by atoms with Gasteiger partial charge in [0.1, 0.15) is 17.8 Å². The van der Waals surface area contributed by atoms with E-state index < -0.39 is 0 Å². The molecule has 0 saturated heterocycles. The highest BCUT2D eigenvalue weighted by atomic mass is 16.3. The maximum Gasteiger partial charge on any atom is 0.142 e. The Morgan fingerprint density at radius 1 is 1.44 bits per heavy atom. The second-order valence-electron chi connectivity index (χ2n) is 4.14. The normalized spacial score (nSPS) is 13.2. The van der Waals surface area contributed by atoms with E-state index in [1.54, 1.807) is 0 Å². The van der Waals surface area contributed by atoms with Crippen molar-refractivity contribution in [2.75, 3.05) is 11.9 Å². The van der Waals surface area contributed by atoms with Crippen molar-refractivity contribution in [1.82, 2.24) is 15.0 Å². The number of H-pyrrole nitrogens is 1. The van der Waals surface area contributed by atoms with E-state index in [4.69, 9.17) is 0 Å². The Hall–Kier alpha value is -1.62. The van der Waals surface area contributed by atoms with E-state index in [1.165, 1.54) is 6.33 Å². The predicted octanol–water partition coefficient (Wildman–Crippen LogP) is 1.39. The highest BCUT2D eigenvalue weighted by molar-refractivity contribution is 5.86. The Bertz CT molecular complexity index is 466. The first-order chi connectivity index (χ1) is 7.72. The topological polar surface area (TPSA) is 73.8 Å². The molecule has 1 atom stereocenters. The number of hydrogen-bond acceptors (Lipinski definition) is 4. The first-order valence-corrected chi connectivity index (χ1v) is 5.38. The molecule has 5 heteroatoms. The summed E-state index contributed by atoms with van der Waals surface area (Å²) in [5.41, 5.74) is 0.804. The van der Waals surface area contributed by atoms with Crippen molar-refractivity contribution >= 4 is 16.9 Å². The molecule has 2 rings (SSSR count). The third-order valence-corrected chi connectivity index (χ3v) is 2.68. The Morgan fingerprint density at radius 2 is 2.25 bits per heavy atom. The van der Waals surface area contributed by atoms with Gasteiger partial charge in [0.2, 0.25) is 0 Å². The third-order valence-electron chi connectivity index (χ3n) is 2.68. The summed E-state index contributed by atoms with van der Waals surface area (Å²) in [4.78, 5) is 11.3. The number of aliphatic hydroxyl groups is 1. The summed E-state index contributed by atoms with van der Waals surface area (Å²) in [7, 11) is 0. The largest absolute Gasteiger partial charge is 0.394 e. The molecule has 0 radical (unpaired) electrons. The van der Waals surface area contributed by atoms with Crippen LogP contribution in [-0.2, 0) is 0 Å². The quantitative estimate of drug-likeness (QED) is 0.728. The molecular formula is C11H16N4O. The van der Waals surface area contributed by atoms with Gasteiger partial charge in [0.15, 0.2) is 0 Å². The van der Waals surface area contributed by atoms with Gasteiger partial charge < -0.3 is 15.4 Å². The molecule has 16 heavy (non-hydrogen) atoms. The fourth-order valence-electron chi connectivity index (χ4n) is 1.59. The van der Waals surface area contributed by atoms with Gasteiger partial charge in [-0.25, -0.2) is 9.97 Å². The number of aromatic nitrogens is 3. The highest BCUT2D eigenvalue weighted by Gasteiger charge is 2.14. The molecule has 0 fully saturated rings. The van der Waals surface area contributed by atoms with Crippen LogP contribution in [0.15, 0.2) is 18.6 Å². The van der Waals surface area contributed by atoms with Crippen LogP contribution in [0.4, 0.5) is 5.82 Å². The van der Waals surface area contributed by atoms with Gasteiger partial charge in [-0.3, -0.25) is 0 Å². The molecule has 3 N–H and O–H groups in total. The molecule has 86 valence electrons. The zero-order valence-electron chi connectivity index (χ0n) is 9.44. The van der Waals surface area contributed by atoms with Gasteiger partial charge in [0.25, 0.3) is 0 Å². The molecule has 0 spiro atoms. The Kier molecular flexibility index (Phi) is 3.05. The first-order valence-electron chi connectivity index (χ1n) is 5.38. The maximum absolute atomic E-state index is 9.27. The van der Waals surface area contributed by atoms with Crippen LogP contribution in [-0.4, -0.2) is 32.7 Å². The number of fused-ring (bicyclic) bond motifs is 1. The second-order valence-corrected chi connectivity index (χ2v) is 4.14. The average Bonchev–Trinajstić information content (AvgIpc) is 2.73. The van der Waals surface area contributed by atoms with Crippen LogP contribution in [0.2, 0.25) is 0 Å². The van der Waals surface area contributed by atoms with Crippen molar-refractivity contribution < 1.29 is 5.11 Å². The van der Waals surface area contributed by atoms with E-state index in [0.29, 0.717) is 5.92 Å². The Morgan fingerprint density at radius 3 is 2.94 bits per heavy atom. The highest BCUT2D eigenvalue weighted by Crippen LogP contribution is 2.19. The van der Waals surface area contributed by atoms with Crippen LogP contribution >= 0.6 is 0 Å². The summed E-state index contributed by atoms with van der Waals surface area (Å²) in [5, 5.41) is 13.4. The molecule has 0 bridgehead atoms. The number of aliphatic hydroxyl groups excluding tert-OH is 1. The monoisotopic (exact) mass is 220 g/mol. The molecule has 5 nitrogen and oxygen atoms in total. The Balaban J connectivity index is 2.29. The van der Waals surface area contributed by atoms with E-state index in [1.807, 2.05) is 12.3 Å². The summed E-state index contributed by atoms with van der Waals surface area (Å²) in [6, 6.07) is 1.93. The van der Waals surface area contributed by atoms with Crippen LogP contribution in [0.1, 0.15) is 13.8 Å². The van der Waals surface area contributed by atoms with Crippen LogP contribution in [0.3, 0.4) is 0 Å². The minimum atomic E-state index is 0.00741. The van der Waals surface area contributed by atoms with E-state index in [9.17, 15) is 5.11 Å². The van der Waals surface area contributed by atoms with Crippen molar-refractivity contribution in [2.45, 2.75) is 19.9 Å². The van der Waals surface area contributed by atoms with Crippen molar-refractivity contribution in [3.63, 3.8) is 0 Å². The standard InChI is InChI=1S/C11H16N4O/c1-7(2)9(5-16)15-11-8-3-4-12-10(8)13-6-14-11/h3-4,6-7,9,16H,5H2,1-2H3,(H2,12,13,14,15)/t9-/m1/s1. The summed E-state index contributed by atoms with van der Waals surface area (Å²) < 4.78 is 0. The van der Waals surface area contributed by atoms with E-state index in [0.717, 1.165) is 16.9 Å². The molecule has 0 saturated carbocycles. The van der Waals surface area contributed by atoms with Crippen molar-refractivity contribution in [1.29, 1.82) is 0 Å². The molecular weight excluding hydrogens is 204 g/mol. The zero-order valence-corrected chi connectivity index (χ0v) is 9.44. The summed E-state index contributed by atoms with van der Waals surface area (Å²) in [6.45, 7) is 4.21. The predicted molar refractivity (Wildman–Crippen MR) is 63.2 cm³/mol. The number of nitrogens with zero attached hydrogens (tertiary/aromatic N) is 2. The van der Waals surface area contributed by atoms with Crippen LogP contribution in [0.5, 0.6) is 0 Å². The smallest absolute Gasteiger partial charge is 0.142 e. The molecule has 2 aromatic heterocycles. The summed E-state index contributed by atoms with van der Waals surface area (Å²) in [5.74, 6) is 1.10. The van der Waals surface area contributed by atoms with Crippen molar-refractivity contribution in [3.05, 3.63) is 18.6 Å². The van der Waals surface area contributed by atoms with Gasteiger partial charge >= 0.3 is 0 Å². The lowest BCUT2D eigenvalue weighted by Gasteiger charge is -2.20. The van der Waals surface area contributed by atoms with Crippen molar-refractivity contribution in [2.24, 2.45) is 5.92 Å². The molecule has 0 amide bonds. The van der Waals surface area contributed by atoms with Gasteiger partial charge in [0, 0.05) is 6.20 Å². The molecule has 0 aromatic carbocycles. The SMILES string of the molecule is CC(C)[C@@H](CO)Nc1ncnc2[nH]ccc12. The van der Waals surface area contributed by atoms with Gasteiger partial charge in [-0.1, -0.05) is 13.8 Å². The van der Waals surface area contributed by atoms with E-state index in [-0.39, 0.29) is 12.6 Å². The summed E-state index contributed by atoms with van der Waals surface area (Å²) in [6.07, 6.45) is 3.34. The number of nitrogens with one attached hydrogen (secondary N) is 2. The van der Waals surface area contributed by atoms with Crippen LogP contribution in [0.25, 0.3) is 11.0 Å². The molecule has 0 aliphatic heterocycles. The number of rotatable bonds is 4. The number of anilines is 1. The fourth-order valence-corrected chi connectivity index (χ4v) is 1.59. The fraction of sp³-hybridized carbons (Fsp3) is 0.455. The van der Waals surface area contributed by atoms with E-state index in [2.05, 4.69) is 34.1 Å². The average molecular weight is 220 g/mol. The van der Waals surface area contributed by atoms with Crippen molar-refractivity contribution in [3.8, 4) is 0 Å². The third kappa shape index (κ3) is 1.99. The lowest BCUT2D eigenvalue weighted by molar-refractivity contribution is 0.249.